The molecule has 4 rings (SSSR count). The normalized spacial score (nSPS) is 12.0. The van der Waals surface area contributed by atoms with Gasteiger partial charge in [0.1, 0.15) is 29.9 Å². The number of fused-ring (bicyclic) bond motifs is 1. The minimum atomic E-state index is -0.977. The van der Waals surface area contributed by atoms with Gasteiger partial charge in [0, 0.05) is 19.7 Å². The molecule has 10 nitrogen and oxygen atoms in total. The van der Waals surface area contributed by atoms with Gasteiger partial charge in [-0.15, -0.1) is 0 Å². The quantitative estimate of drug-likeness (QED) is 0.282. The molecule has 37 heavy (non-hydrogen) atoms. The van der Waals surface area contributed by atoms with Crippen LogP contribution in [0, 0.1) is 0 Å². The molecule has 0 saturated heterocycles. The van der Waals surface area contributed by atoms with E-state index in [2.05, 4.69) is 15.4 Å². The highest BCUT2D eigenvalue weighted by atomic mass is 16.5. The summed E-state index contributed by atoms with van der Waals surface area (Å²) in [7, 11) is 3.22. The Hall–Kier alpha value is -4.02. The summed E-state index contributed by atoms with van der Waals surface area (Å²) in [6.07, 6.45) is 0.591. The number of carbonyl (C=O) groups excluding carboxylic acids is 1. The van der Waals surface area contributed by atoms with E-state index in [0.29, 0.717) is 57.9 Å². The minimum Gasteiger partial charge on any atom is -0.493 e. The number of ether oxygens (including phenoxy) is 2. The number of amides is 1. The third kappa shape index (κ3) is 5.40. The van der Waals surface area contributed by atoms with E-state index in [1.165, 1.54) is 7.11 Å². The lowest BCUT2D eigenvalue weighted by Gasteiger charge is -2.16. The van der Waals surface area contributed by atoms with Crippen LogP contribution in [-0.4, -0.2) is 51.2 Å². The van der Waals surface area contributed by atoms with Crippen LogP contribution in [0.4, 0.5) is 0 Å². The maximum atomic E-state index is 13.0. The van der Waals surface area contributed by atoms with Crippen molar-refractivity contribution in [3.63, 3.8) is 0 Å². The van der Waals surface area contributed by atoms with Crippen molar-refractivity contribution in [3.05, 3.63) is 75.2 Å². The molecule has 0 fully saturated rings. The zero-order chi connectivity index (χ0) is 26.5. The number of rotatable bonds is 10. The van der Waals surface area contributed by atoms with Crippen molar-refractivity contribution in [2.24, 2.45) is 7.05 Å². The van der Waals surface area contributed by atoms with Gasteiger partial charge in [0.2, 0.25) is 0 Å². The van der Waals surface area contributed by atoms with Gasteiger partial charge in [-0.2, -0.15) is 5.10 Å². The number of benzene rings is 2. The zero-order valence-electron chi connectivity index (χ0n) is 21.4. The Morgan fingerprint density at radius 2 is 1.89 bits per heavy atom. The second-order valence-corrected chi connectivity index (χ2v) is 8.58. The van der Waals surface area contributed by atoms with Crippen molar-refractivity contribution >= 4 is 16.9 Å². The topological polar surface area (TPSA) is 131 Å². The minimum absolute atomic E-state index is 0.110. The molecule has 0 spiro atoms. The molecule has 4 aromatic rings. The molecule has 2 heterocycles. The first-order valence-electron chi connectivity index (χ1n) is 12.2. The van der Waals surface area contributed by atoms with Crippen LogP contribution in [0.25, 0.3) is 22.4 Å². The number of hydrogen-bond donors (Lipinski definition) is 3. The Bertz CT molecular complexity index is 1460. The number of nitrogens with one attached hydrogen (secondary N) is 2. The molecule has 1 unspecified atom stereocenters. The van der Waals surface area contributed by atoms with Crippen molar-refractivity contribution in [1.29, 1.82) is 0 Å². The van der Waals surface area contributed by atoms with Crippen LogP contribution in [0.1, 0.15) is 53.6 Å². The standard InChI is InChI=1S/C27H31N5O5/c1-5-7-20-22-23(32(3)31-20)27(35)30-25(29-22)19-14-18(12-13-21(19)37-6-2)24(33)16-8-10-17(11-9-16)26(34)28-15-36-4/h8-14,24,33H,5-7,15H2,1-4H3,(H,28,34)(H,29,30,35). The van der Waals surface area contributed by atoms with E-state index in [-0.39, 0.29) is 18.2 Å². The highest BCUT2D eigenvalue weighted by Crippen LogP contribution is 2.33. The third-order valence-corrected chi connectivity index (χ3v) is 5.99. The number of carbonyl (C=O) groups is 1. The number of H-pyrrole nitrogens is 1. The van der Waals surface area contributed by atoms with Gasteiger partial charge in [-0.3, -0.25) is 14.3 Å². The van der Waals surface area contributed by atoms with Gasteiger partial charge in [0.15, 0.2) is 5.52 Å². The molecule has 1 atom stereocenters. The third-order valence-electron chi connectivity index (χ3n) is 5.99. The summed E-state index contributed by atoms with van der Waals surface area (Å²) in [5.41, 5.74) is 3.62. The zero-order valence-corrected chi connectivity index (χ0v) is 21.4. The maximum Gasteiger partial charge on any atom is 0.277 e. The van der Waals surface area contributed by atoms with E-state index >= 15 is 0 Å². The Labute approximate surface area is 214 Å². The number of aromatic amines is 1. The van der Waals surface area contributed by atoms with Crippen molar-refractivity contribution in [2.45, 2.75) is 32.8 Å². The van der Waals surface area contributed by atoms with Gasteiger partial charge >= 0.3 is 0 Å². The summed E-state index contributed by atoms with van der Waals surface area (Å²) in [5, 5.41) is 18.2. The second-order valence-electron chi connectivity index (χ2n) is 8.58. The molecule has 2 aromatic heterocycles. The Morgan fingerprint density at radius 1 is 1.16 bits per heavy atom. The average molecular weight is 506 g/mol. The molecule has 2 aromatic carbocycles. The Kier molecular flexibility index (Phi) is 8.00. The van der Waals surface area contributed by atoms with Crippen LogP contribution in [0.2, 0.25) is 0 Å². The van der Waals surface area contributed by atoms with E-state index in [0.717, 1.165) is 12.1 Å². The van der Waals surface area contributed by atoms with E-state index < -0.39 is 6.10 Å². The van der Waals surface area contributed by atoms with Crippen LogP contribution < -0.4 is 15.6 Å². The van der Waals surface area contributed by atoms with Crippen molar-refractivity contribution in [3.8, 4) is 17.1 Å². The lowest BCUT2D eigenvalue weighted by Crippen LogP contribution is -2.25. The van der Waals surface area contributed by atoms with Crippen molar-refractivity contribution < 1.29 is 19.4 Å². The maximum absolute atomic E-state index is 13.0. The summed E-state index contributed by atoms with van der Waals surface area (Å²) < 4.78 is 12.2. The lowest BCUT2D eigenvalue weighted by molar-refractivity contribution is 0.0872. The smallest absolute Gasteiger partial charge is 0.277 e. The van der Waals surface area contributed by atoms with Crippen LogP contribution >= 0.6 is 0 Å². The first-order valence-corrected chi connectivity index (χ1v) is 12.2. The fraction of sp³-hybridized carbons (Fsp3) is 0.333. The summed E-state index contributed by atoms with van der Waals surface area (Å²) in [6, 6.07) is 12.0. The molecule has 10 heteroatoms. The fourth-order valence-corrected chi connectivity index (χ4v) is 4.21. The number of aromatic nitrogens is 4. The molecule has 1 amide bonds. The Balaban J connectivity index is 1.74. The lowest BCUT2D eigenvalue weighted by atomic mass is 9.98. The molecule has 0 bridgehead atoms. The second kappa shape index (κ2) is 11.4. The number of aryl methyl sites for hydroxylation is 2. The van der Waals surface area contributed by atoms with Crippen LogP contribution in [0.3, 0.4) is 0 Å². The molecule has 0 aliphatic carbocycles. The molecular formula is C27H31N5O5. The Morgan fingerprint density at radius 3 is 2.57 bits per heavy atom. The molecular weight excluding hydrogens is 474 g/mol. The highest BCUT2D eigenvalue weighted by molar-refractivity contribution is 5.94. The van der Waals surface area contributed by atoms with Crippen molar-refractivity contribution in [1.82, 2.24) is 25.1 Å². The van der Waals surface area contributed by atoms with E-state index in [9.17, 15) is 14.7 Å². The van der Waals surface area contributed by atoms with Crippen molar-refractivity contribution in [2.75, 3.05) is 20.4 Å². The van der Waals surface area contributed by atoms with E-state index in [4.69, 9.17) is 14.5 Å². The first-order chi connectivity index (χ1) is 17.9. The number of aliphatic hydroxyl groups is 1. The SMILES string of the molecule is CCCc1nn(C)c2c(=O)[nH]c(-c3cc(C(O)c4ccc(C(=O)NCOC)cc4)ccc3OCC)nc12. The summed E-state index contributed by atoms with van der Waals surface area (Å²) in [6.45, 7) is 4.45. The monoisotopic (exact) mass is 505 g/mol. The number of nitrogens with zero attached hydrogens (tertiary/aromatic N) is 3. The summed E-state index contributed by atoms with van der Waals surface area (Å²) in [4.78, 5) is 32.7. The van der Waals surface area contributed by atoms with Crippen LogP contribution in [0.15, 0.2) is 47.3 Å². The molecule has 0 saturated carbocycles. The number of hydrogen-bond acceptors (Lipinski definition) is 7. The van der Waals surface area contributed by atoms with Crippen LogP contribution in [-0.2, 0) is 18.2 Å². The average Bonchev–Trinajstić information content (AvgIpc) is 3.22. The van der Waals surface area contributed by atoms with Gasteiger partial charge in [-0.25, -0.2) is 4.98 Å². The molecule has 0 aliphatic heterocycles. The van der Waals surface area contributed by atoms with E-state index in [1.54, 1.807) is 54.2 Å². The summed E-state index contributed by atoms with van der Waals surface area (Å²) >= 11 is 0. The highest BCUT2D eigenvalue weighted by Gasteiger charge is 2.20. The summed E-state index contributed by atoms with van der Waals surface area (Å²) in [5.74, 6) is 0.604. The van der Waals surface area contributed by atoms with Crippen LogP contribution in [0.5, 0.6) is 5.75 Å². The molecule has 0 radical (unpaired) electrons. The van der Waals surface area contributed by atoms with E-state index in [1.807, 2.05) is 13.8 Å². The molecule has 3 N–H and O–H groups in total. The van der Waals surface area contributed by atoms with Gasteiger partial charge < -0.3 is 24.9 Å². The molecule has 194 valence electrons. The van der Waals surface area contributed by atoms with Gasteiger partial charge in [0.25, 0.3) is 11.5 Å². The number of aliphatic hydroxyl groups excluding tert-OH is 1. The first kappa shape index (κ1) is 26.1. The predicted molar refractivity (Wildman–Crippen MR) is 140 cm³/mol. The van der Waals surface area contributed by atoms with Gasteiger partial charge in [-0.05, 0) is 48.7 Å². The fourth-order valence-electron chi connectivity index (χ4n) is 4.21. The van der Waals surface area contributed by atoms with Gasteiger partial charge in [0.05, 0.1) is 17.9 Å². The largest absolute Gasteiger partial charge is 0.493 e. The molecule has 0 aliphatic rings. The number of methoxy groups -OCH3 is 1. The van der Waals surface area contributed by atoms with Gasteiger partial charge in [-0.1, -0.05) is 31.5 Å². The predicted octanol–water partition coefficient (Wildman–Crippen LogP) is 3.09.